The quantitative estimate of drug-likeness (QED) is 0.221. The summed E-state index contributed by atoms with van der Waals surface area (Å²) in [5.41, 5.74) is 3.77. The molecule has 0 aliphatic carbocycles. The summed E-state index contributed by atoms with van der Waals surface area (Å²) >= 11 is 0. The van der Waals surface area contributed by atoms with Crippen molar-refractivity contribution >= 4 is 61.4 Å². The van der Waals surface area contributed by atoms with E-state index >= 15 is 4.57 Å². The van der Waals surface area contributed by atoms with Gasteiger partial charge in [-0.1, -0.05) is 109 Å². The van der Waals surface area contributed by atoms with Crippen LogP contribution in [0.4, 0.5) is 0 Å². The van der Waals surface area contributed by atoms with Crippen LogP contribution in [-0.4, -0.2) is 9.38 Å². The van der Waals surface area contributed by atoms with E-state index in [1.54, 1.807) is 0 Å². The summed E-state index contributed by atoms with van der Waals surface area (Å²) in [7, 11) is -3.21. The maximum atomic E-state index is 15.4. The fraction of sp³-hybridized carbons (Fsp3) is 0. The number of para-hydroxylation sites is 3. The van der Waals surface area contributed by atoms with Crippen LogP contribution in [-0.2, 0) is 4.57 Å². The van der Waals surface area contributed by atoms with Gasteiger partial charge in [0, 0.05) is 26.7 Å². The molecule has 3 nitrogen and oxygen atoms in total. The summed E-state index contributed by atoms with van der Waals surface area (Å²) in [6, 6.07) is 42.5. The lowest BCUT2D eigenvalue weighted by Gasteiger charge is -2.23. The van der Waals surface area contributed by atoms with Gasteiger partial charge >= 0.3 is 0 Å². The molecule has 7 rings (SSSR count). The van der Waals surface area contributed by atoms with Gasteiger partial charge in [0.15, 0.2) is 7.14 Å². The molecule has 2 aromatic heterocycles. The zero-order chi connectivity index (χ0) is 23.4. The van der Waals surface area contributed by atoms with Crippen LogP contribution in [0.3, 0.4) is 0 Å². The topological polar surface area (TPSA) is 34.4 Å². The third kappa shape index (κ3) is 2.86. The summed E-state index contributed by atoms with van der Waals surface area (Å²) in [6.45, 7) is 0. The van der Waals surface area contributed by atoms with Crippen LogP contribution in [0, 0.1) is 0 Å². The molecule has 0 N–H and O–H groups in total. The van der Waals surface area contributed by atoms with Crippen LogP contribution in [0.15, 0.2) is 127 Å². The molecule has 7 aromatic rings. The second-order valence-corrected chi connectivity index (χ2v) is 11.5. The third-order valence-corrected chi connectivity index (χ3v) is 9.93. The molecular weight excluding hydrogens is 447 g/mol. The average molecular weight is 468 g/mol. The predicted octanol–water partition coefficient (Wildman–Crippen LogP) is 6.43. The Morgan fingerprint density at radius 3 is 1.83 bits per heavy atom. The third-order valence-electron chi connectivity index (χ3n) is 6.84. The molecule has 0 amide bonds. The fourth-order valence-electron chi connectivity index (χ4n) is 5.29. The van der Waals surface area contributed by atoms with E-state index in [1.165, 1.54) is 0 Å². The van der Waals surface area contributed by atoms with Gasteiger partial charge in [-0.2, -0.15) is 0 Å². The van der Waals surface area contributed by atoms with Crippen molar-refractivity contribution in [3.8, 4) is 0 Å². The van der Waals surface area contributed by atoms with Crippen molar-refractivity contribution in [2.24, 2.45) is 0 Å². The SMILES string of the molecule is O=P(c1ccccc1)(c1ccccc1)c1cccc2c3ccccc3c3nc4ccccc4n3c12. The molecule has 0 bridgehead atoms. The Labute approximate surface area is 202 Å². The molecule has 2 heterocycles. The van der Waals surface area contributed by atoms with Crippen LogP contribution in [0.25, 0.3) is 38.4 Å². The Kier molecular flexibility index (Phi) is 4.42. The summed E-state index contributed by atoms with van der Waals surface area (Å²) in [6.07, 6.45) is 0. The van der Waals surface area contributed by atoms with E-state index in [0.29, 0.717) is 0 Å². The highest BCUT2D eigenvalue weighted by Gasteiger charge is 2.32. The van der Waals surface area contributed by atoms with Crippen molar-refractivity contribution in [3.63, 3.8) is 0 Å². The molecule has 0 spiro atoms. The van der Waals surface area contributed by atoms with E-state index in [9.17, 15) is 0 Å². The molecule has 0 aliphatic rings. The molecule has 0 saturated carbocycles. The van der Waals surface area contributed by atoms with Gasteiger partial charge < -0.3 is 4.57 Å². The summed E-state index contributed by atoms with van der Waals surface area (Å²) in [5, 5.41) is 5.74. The summed E-state index contributed by atoms with van der Waals surface area (Å²) in [4.78, 5) is 5.04. The lowest BCUT2D eigenvalue weighted by Crippen LogP contribution is -2.26. The molecule has 166 valence electrons. The number of nitrogens with zero attached hydrogens (tertiary/aromatic N) is 2. The molecule has 0 saturated heterocycles. The van der Waals surface area contributed by atoms with Crippen molar-refractivity contribution in [2.75, 3.05) is 0 Å². The molecule has 4 heteroatoms. The first-order valence-electron chi connectivity index (χ1n) is 11.7. The van der Waals surface area contributed by atoms with Crippen LogP contribution in [0.2, 0.25) is 0 Å². The standard InChI is InChI=1S/C31H21N2OP/c34-35(22-12-3-1-4-13-22,23-14-5-2-6-15-23)29-21-11-18-25-24-16-7-8-17-26(24)31-32-27-19-9-10-20-28(27)33(31)30(25)29/h1-21H. The number of benzene rings is 5. The summed E-state index contributed by atoms with van der Waals surface area (Å²) in [5.74, 6) is 0. The largest absolute Gasteiger partial charge is 0.309 e. The minimum atomic E-state index is -3.21. The molecule has 5 aromatic carbocycles. The number of pyridine rings is 1. The van der Waals surface area contributed by atoms with Gasteiger partial charge in [-0.3, -0.25) is 4.40 Å². The highest BCUT2D eigenvalue weighted by atomic mass is 31.2. The number of imidazole rings is 1. The Morgan fingerprint density at radius 1 is 0.543 bits per heavy atom. The van der Waals surface area contributed by atoms with Gasteiger partial charge in [0.2, 0.25) is 0 Å². The van der Waals surface area contributed by atoms with Gasteiger partial charge in [0.05, 0.1) is 16.6 Å². The van der Waals surface area contributed by atoms with E-state index in [0.717, 1.165) is 54.3 Å². The van der Waals surface area contributed by atoms with E-state index in [-0.39, 0.29) is 0 Å². The fourth-order valence-corrected chi connectivity index (χ4v) is 8.14. The number of aromatic nitrogens is 2. The smallest absolute Gasteiger partial charge is 0.173 e. The monoisotopic (exact) mass is 468 g/mol. The Balaban J connectivity index is 1.76. The molecule has 0 atom stereocenters. The maximum Gasteiger partial charge on any atom is 0.173 e. The molecule has 0 unspecified atom stereocenters. The number of hydrogen-bond acceptors (Lipinski definition) is 2. The zero-order valence-electron chi connectivity index (χ0n) is 18.9. The number of rotatable bonds is 3. The van der Waals surface area contributed by atoms with Crippen LogP contribution in [0.5, 0.6) is 0 Å². The normalized spacial score (nSPS) is 12.1. The predicted molar refractivity (Wildman–Crippen MR) is 147 cm³/mol. The van der Waals surface area contributed by atoms with Crippen molar-refractivity contribution in [1.29, 1.82) is 0 Å². The van der Waals surface area contributed by atoms with Crippen molar-refractivity contribution < 1.29 is 4.57 Å². The minimum Gasteiger partial charge on any atom is -0.309 e. The number of fused-ring (bicyclic) bond motifs is 8. The Hall–Kier alpha value is -4.20. The average Bonchev–Trinajstić information content (AvgIpc) is 3.33. The molecular formula is C31H21N2OP. The number of hydrogen-bond donors (Lipinski definition) is 0. The summed E-state index contributed by atoms with van der Waals surface area (Å²) < 4.78 is 17.6. The zero-order valence-corrected chi connectivity index (χ0v) is 19.8. The molecule has 0 radical (unpaired) electrons. The Bertz CT molecular complexity index is 1880. The molecule has 0 aliphatic heterocycles. The highest BCUT2D eigenvalue weighted by molar-refractivity contribution is 7.85. The maximum absolute atomic E-state index is 15.4. The first-order chi connectivity index (χ1) is 17.3. The Morgan fingerprint density at radius 2 is 1.11 bits per heavy atom. The van der Waals surface area contributed by atoms with Crippen molar-refractivity contribution in [3.05, 3.63) is 127 Å². The first-order valence-corrected chi connectivity index (χ1v) is 13.4. The van der Waals surface area contributed by atoms with Gasteiger partial charge in [0.1, 0.15) is 5.65 Å². The van der Waals surface area contributed by atoms with Gasteiger partial charge in [-0.05, 0) is 23.6 Å². The first kappa shape index (κ1) is 20.2. The van der Waals surface area contributed by atoms with Crippen LogP contribution < -0.4 is 15.9 Å². The van der Waals surface area contributed by atoms with E-state index in [1.807, 2.05) is 91.0 Å². The highest BCUT2D eigenvalue weighted by Crippen LogP contribution is 2.45. The van der Waals surface area contributed by atoms with Gasteiger partial charge in [-0.25, -0.2) is 4.98 Å². The van der Waals surface area contributed by atoms with Gasteiger partial charge in [-0.15, -0.1) is 0 Å². The van der Waals surface area contributed by atoms with E-state index in [4.69, 9.17) is 4.98 Å². The second kappa shape index (κ2) is 7.66. The lowest BCUT2D eigenvalue weighted by atomic mass is 10.1. The van der Waals surface area contributed by atoms with Gasteiger partial charge in [0.25, 0.3) is 0 Å². The van der Waals surface area contributed by atoms with Crippen molar-refractivity contribution in [2.45, 2.75) is 0 Å². The second-order valence-electron chi connectivity index (χ2n) is 8.76. The lowest BCUT2D eigenvalue weighted by molar-refractivity contribution is 0.592. The van der Waals surface area contributed by atoms with Crippen LogP contribution in [0.1, 0.15) is 0 Å². The van der Waals surface area contributed by atoms with E-state index in [2.05, 4.69) is 40.8 Å². The molecule has 35 heavy (non-hydrogen) atoms. The van der Waals surface area contributed by atoms with E-state index < -0.39 is 7.14 Å². The van der Waals surface area contributed by atoms with Crippen LogP contribution >= 0.6 is 7.14 Å². The molecule has 0 fully saturated rings. The van der Waals surface area contributed by atoms with Crippen molar-refractivity contribution in [1.82, 2.24) is 9.38 Å². The minimum absolute atomic E-state index is 0.824.